The lowest BCUT2D eigenvalue weighted by molar-refractivity contribution is 0.102. The van der Waals surface area contributed by atoms with Crippen molar-refractivity contribution in [3.63, 3.8) is 0 Å². The van der Waals surface area contributed by atoms with Gasteiger partial charge in [-0.1, -0.05) is 45.5 Å². The van der Waals surface area contributed by atoms with Crippen LogP contribution in [0.2, 0.25) is 0 Å². The fourth-order valence-electron chi connectivity index (χ4n) is 3.52. The van der Waals surface area contributed by atoms with E-state index in [1.165, 1.54) is 11.3 Å². The molecule has 0 radical (unpaired) electrons. The molecule has 5 rings (SSSR count). The minimum absolute atomic E-state index is 0.214. The molecule has 0 fully saturated rings. The van der Waals surface area contributed by atoms with Gasteiger partial charge in [-0.2, -0.15) is 0 Å². The van der Waals surface area contributed by atoms with Crippen LogP contribution in [0.5, 0.6) is 5.75 Å². The van der Waals surface area contributed by atoms with Crippen LogP contribution >= 0.6 is 27.3 Å². The molecule has 2 aromatic heterocycles. The summed E-state index contributed by atoms with van der Waals surface area (Å²) in [6.45, 7) is 2.56. The lowest BCUT2D eigenvalue weighted by atomic mass is 10.0. The average molecular weight is 504 g/mol. The summed E-state index contributed by atoms with van der Waals surface area (Å²) in [6, 6.07) is 23.1. The van der Waals surface area contributed by atoms with Crippen molar-refractivity contribution in [2.45, 2.75) is 6.92 Å². The number of hydrogen-bond acceptors (Lipinski definition) is 5. The maximum absolute atomic E-state index is 13.3. The predicted molar refractivity (Wildman–Crippen MR) is 134 cm³/mol. The van der Waals surface area contributed by atoms with Gasteiger partial charge in [0.15, 0.2) is 5.13 Å². The smallest absolute Gasteiger partial charge is 0.258 e. The number of anilines is 1. The maximum Gasteiger partial charge on any atom is 0.258 e. The molecule has 0 atom stereocenters. The number of carbonyl (C=O) groups is 1. The number of fused-ring (bicyclic) bond motifs is 2. The molecule has 0 bridgehead atoms. The third-order valence-corrected chi connectivity index (χ3v) is 6.42. The SMILES string of the molecule is CCOc1ccc(-c2cc(C(=O)Nc3nc4ccc(Br)cc4s3)c3ccccc3n2)cc1. The zero-order chi connectivity index (χ0) is 22.1. The van der Waals surface area contributed by atoms with Crippen LogP contribution in [0.1, 0.15) is 17.3 Å². The number of nitrogens with one attached hydrogen (secondary N) is 1. The Balaban J connectivity index is 1.53. The van der Waals surface area contributed by atoms with Gasteiger partial charge in [0.05, 0.1) is 33.6 Å². The summed E-state index contributed by atoms with van der Waals surface area (Å²) in [7, 11) is 0. The van der Waals surface area contributed by atoms with Gasteiger partial charge in [-0.25, -0.2) is 9.97 Å². The third-order valence-electron chi connectivity index (χ3n) is 4.99. The van der Waals surface area contributed by atoms with Crippen LogP contribution in [0.4, 0.5) is 5.13 Å². The lowest BCUT2D eigenvalue weighted by Crippen LogP contribution is -2.13. The normalized spacial score (nSPS) is 11.1. The molecule has 0 aliphatic heterocycles. The summed E-state index contributed by atoms with van der Waals surface area (Å²) in [5.41, 5.74) is 3.81. The van der Waals surface area contributed by atoms with Crippen molar-refractivity contribution < 1.29 is 9.53 Å². The van der Waals surface area contributed by atoms with Crippen LogP contribution in [-0.2, 0) is 0 Å². The van der Waals surface area contributed by atoms with Crippen molar-refractivity contribution in [1.29, 1.82) is 0 Å². The molecule has 158 valence electrons. The van der Waals surface area contributed by atoms with Gasteiger partial charge in [0.25, 0.3) is 5.91 Å². The van der Waals surface area contributed by atoms with Crippen molar-refractivity contribution in [2.75, 3.05) is 11.9 Å². The number of aromatic nitrogens is 2. The Morgan fingerprint density at radius 2 is 1.81 bits per heavy atom. The minimum Gasteiger partial charge on any atom is -0.494 e. The van der Waals surface area contributed by atoms with Gasteiger partial charge in [-0.05, 0) is 61.5 Å². The van der Waals surface area contributed by atoms with Gasteiger partial charge in [-0.15, -0.1) is 0 Å². The number of carbonyl (C=O) groups excluding carboxylic acids is 1. The molecular formula is C25H18BrN3O2S. The molecule has 5 aromatic rings. The van der Waals surface area contributed by atoms with Crippen molar-refractivity contribution in [1.82, 2.24) is 9.97 Å². The Morgan fingerprint density at radius 3 is 2.62 bits per heavy atom. The zero-order valence-corrected chi connectivity index (χ0v) is 19.5. The van der Waals surface area contributed by atoms with Crippen LogP contribution in [0.25, 0.3) is 32.4 Å². The topological polar surface area (TPSA) is 64.1 Å². The highest BCUT2D eigenvalue weighted by molar-refractivity contribution is 9.10. The summed E-state index contributed by atoms with van der Waals surface area (Å²) in [5.74, 6) is 0.589. The van der Waals surface area contributed by atoms with Gasteiger partial charge in [0.1, 0.15) is 5.75 Å². The number of amides is 1. The van der Waals surface area contributed by atoms with E-state index in [1.54, 1.807) is 0 Å². The summed E-state index contributed by atoms with van der Waals surface area (Å²) in [4.78, 5) is 22.6. The lowest BCUT2D eigenvalue weighted by Gasteiger charge is -2.10. The highest BCUT2D eigenvalue weighted by Crippen LogP contribution is 2.30. The summed E-state index contributed by atoms with van der Waals surface area (Å²) >= 11 is 4.92. The number of hydrogen-bond donors (Lipinski definition) is 1. The Labute approximate surface area is 197 Å². The molecule has 0 spiro atoms. The number of nitrogens with zero attached hydrogens (tertiary/aromatic N) is 2. The second kappa shape index (κ2) is 8.68. The Morgan fingerprint density at radius 1 is 1.00 bits per heavy atom. The number of ether oxygens (including phenoxy) is 1. The second-order valence-corrected chi connectivity index (χ2v) is 9.06. The number of para-hydroxylation sites is 1. The molecule has 32 heavy (non-hydrogen) atoms. The molecular weight excluding hydrogens is 486 g/mol. The zero-order valence-electron chi connectivity index (χ0n) is 17.1. The quantitative estimate of drug-likeness (QED) is 0.282. The van der Waals surface area contributed by atoms with Crippen molar-refractivity contribution >= 4 is 59.4 Å². The molecule has 0 saturated heterocycles. The summed E-state index contributed by atoms with van der Waals surface area (Å²) in [6.07, 6.45) is 0. The molecule has 0 saturated carbocycles. The monoisotopic (exact) mass is 503 g/mol. The molecule has 0 unspecified atom stereocenters. The molecule has 3 aromatic carbocycles. The standard InChI is InChI=1S/C25H18BrN3O2S/c1-2-31-17-10-7-15(8-11-17)22-14-19(18-5-3-4-6-20(18)27-22)24(30)29-25-28-21-12-9-16(26)13-23(21)32-25/h3-14H,2H2,1H3,(H,28,29,30). The van der Waals surface area contributed by atoms with E-state index in [4.69, 9.17) is 9.72 Å². The van der Waals surface area contributed by atoms with E-state index < -0.39 is 0 Å². The van der Waals surface area contributed by atoms with E-state index >= 15 is 0 Å². The van der Waals surface area contributed by atoms with Gasteiger partial charge >= 0.3 is 0 Å². The van der Waals surface area contributed by atoms with Gasteiger partial charge in [-0.3, -0.25) is 10.1 Å². The number of rotatable bonds is 5. The van der Waals surface area contributed by atoms with Crippen LogP contribution < -0.4 is 10.1 Å². The average Bonchev–Trinajstić information content (AvgIpc) is 3.20. The van der Waals surface area contributed by atoms with Gasteiger partial charge in [0, 0.05) is 15.4 Å². The molecule has 1 N–H and O–H groups in total. The van der Waals surface area contributed by atoms with Gasteiger partial charge < -0.3 is 4.74 Å². The van der Waals surface area contributed by atoms with Crippen molar-refractivity contribution in [3.05, 3.63) is 82.8 Å². The fraction of sp³-hybridized carbons (Fsp3) is 0.0800. The summed E-state index contributed by atoms with van der Waals surface area (Å²) in [5, 5.41) is 4.33. The third kappa shape index (κ3) is 4.09. The van der Waals surface area contributed by atoms with E-state index in [1.807, 2.05) is 79.7 Å². The first-order chi connectivity index (χ1) is 15.6. The molecule has 5 nitrogen and oxygen atoms in total. The second-order valence-electron chi connectivity index (χ2n) is 7.11. The Bertz CT molecular complexity index is 1450. The Kier molecular flexibility index (Phi) is 5.59. The highest BCUT2D eigenvalue weighted by atomic mass is 79.9. The first kappa shape index (κ1) is 20.6. The molecule has 7 heteroatoms. The summed E-state index contributed by atoms with van der Waals surface area (Å²) < 4.78 is 7.52. The molecule has 1 amide bonds. The van der Waals surface area contributed by atoms with E-state index in [0.29, 0.717) is 17.3 Å². The van der Waals surface area contributed by atoms with E-state index in [-0.39, 0.29) is 5.91 Å². The fourth-order valence-corrected chi connectivity index (χ4v) is 4.93. The van der Waals surface area contributed by atoms with Crippen LogP contribution in [0.3, 0.4) is 0 Å². The van der Waals surface area contributed by atoms with Crippen LogP contribution in [0, 0.1) is 0 Å². The first-order valence-corrected chi connectivity index (χ1v) is 11.7. The first-order valence-electron chi connectivity index (χ1n) is 10.1. The molecule has 0 aliphatic carbocycles. The van der Waals surface area contributed by atoms with Crippen LogP contribution in [0.15, 0.2) is 77.3 Å². The highest BCUT2D eigenvalue weighted by Gasteiger charge is 2.16. The predicted octanol–water partition coefficient (Wildman–Crippen LogP) is 6.93. The maximum atomic E-state index is 13.3. The van der Waals surface area contributed by atoms with E-state index in [2.05, 4.69) is 26.2 Å². The van der Waals surface area contributed by atoms with E-state index in [0.717, 1.165) is 42.6 Å². The van der Waals surface area contributed by atoms with Crippen molar-refractivity contribution in [3.8, 4) is 17.0 Å². The Hall–Kier alpha value is -3.29. The minimum atomic E-state index is -0.214. The number of halogens is 1. The van der Waals surface area contributed by atoms with Gasteiger partial charge in [0.2, 0.25) is 0 Å². The molecule has 2 heterocycles. The van der Waals surface area contributed by atoms with E-state index in [9.17, 15) is 4.79 Å². The van der Waals surface area contributed by atoms with Crippen LogP contribution in [-0.4, -0.2) is 22.5 Å². The number of benzene rings is 3. The molecule has 0 aliphatic rings. The largest absolute Gasteiger partial charge is 0.494 e. The van der Waals surface area contributed by atoms with Crippen molar-refractivity contribution in [2.24, 2.45) is 0 Å². The number of thiazole rings is 1. The number of pyridine rings is 1.